The minimum Gasteiger partial charge on any atom is -0.481 e. The minimum absolute atomic E-state index is 0.233. The fraction of sp³-hybridized carbons (Fsp3) is 0.231. The Hall–Kier alpha value is -2.24. The van der Waals surface area contributed by atoms with E-state index in [2.05, 4.69) is 0 Å². The van der Waals surface area contributed by atoms with E-state index >= 15 is 0 Å². The van der Waals surface area contributed by atoms with Crippen LogP contribution >= 0.6 is 0 Å². The van der Waals surface area contributed by atoms with Gasteiger partial charge in [-0.3, -0.25) is 9.59 Å². The molecule has 1 rings (SSSR count). The van der Waals surface area contributed by atoms with Crippen LogP contribution in [0.2, 0.25) is 0 Å². The minimum atomic E-state index is -1.76. The van der Waals surface area contributed by atoms with Crippen molar-refractivity contribution < 1.29 is 28.6 Å². The normalized spacial score (nSPS) is 14.3. The van der Waals surface area contributed by atoms with Crippen LogP contribution in [0.4, 0.5) is 8.78 Å². The molecule has 1 aromatic carbocycles. The number of benzene rings is 1. The van der Waals surface area contributed by atoms with Crippen LogP contribution < -0.4 is 0 Å². The lowest BCUT2D eigenvalue weighted by molar-refractivity contribution is -0.141. The quantitative estimate of drug-likeness (QED) is 0.805. The first-order valence-corrected chi connectivity index (χ1v) is 5.36. The lowest BCUT2D eigenvalue weighted by Crippen LogP contribution is -2.31. The Morgan fingerprint density at radius 2 is 1.95 bits per heavy atom. The Morgan fingerprint density at radius 3 is 2.42 bits per heavy atom. The van der Waals surface area contributed by atoms with Crippen molar-refractivity contribution in [3.63, 3.8) is 0 Å². The van der Waals surface area contributed by atoms with Crippen LogP contribution in [0.25, 0.3) is 0 Å². The molecule has 0 fully saturated rings. The number of hydrogen-bond donors (Lipinski definition) is 2. The number of halogens is 2. The van der Waals surface area contributed by atoms with Gasteiger partial charge in [-0.1, -0.05) is 18.2 Å². The second-order valence-electron chi connectivity index (χ2n) is 4.13. The van der Waals surface area contributed by atoms with Gasteiger partial charge in [0.05, 0.1) is 6.42 Å². The highest BCUT2D eigenvalue weighted by Gasteiger charge is 2.35. The number of carbonyl (C=O) groups is 2. The number of carboxylic acid groups (broad SMARTS) is 2. The van der Waals surface area contributed by atoms with Gasteiger partial charge in [0.15, 0.2) is 0 Å². The fourth-order valence-corrected chi connectivity index (χ4v) is 1.58. The summed E-state index contributed by atoms with van der Waals surface area (Å²) in [5.74, 6) is -4.31. The number of rotatable bonds is 5. The Balaban J connectivity index is 3.22. The third kappa shape index (κ3) is 3.37. The molecule has 19 heavy (non-hydrogen) atoms. The zero-order chi connectivity index (χ0) is 14.6. The van der Waals surface area contributed by atoms with Gasteiger partial charge in [0, 0.05) is 11.6 Å². The molecule has 0 aliphatic rings. The van der Waals surface area contributed by atoms with E-state index in [9.17, 15) is 23.5 Å². The van der Waals surface area contributed by atoms with Crippen molar-refractivity contribution in [2.45, 2.75) is 18.8 Å². The summed E-state index contributed by atoms with van der Waals surface area (Å²) in [7, 11) is 0. The maximum absolute atomic E-state index is 13.6. The summed E-state index contributed by atoms with van der Waals surface area (Å²) < 4.78 is 26.4. The number of hydrogen-bond acceptors (Lipinski definition) is 2. The lowest BCUT2D eigenvalue weighted by Gasteiger charge is -2.22. The summed E-state index contributed by atoms with van der Waals surface area (Å²) in [6.07, 6.45) is 1.82. The molecule has 102 valence electrons. The van der Waals surface area contributed by atoms with Gasteiger partial charge in [-0.05, 0) is 13.0 Å². The molecule has 0 radical (unpaired) electrons. The van der Waals surface area contributed by atoms with Crippen LogP contribution in [0, 0.1) is 11.6 Å². The topological polar surface area (TPSA) is 74.6 Å². The highest BCUT2D eigenvalue weighted by atomic mass is 19.1. The summed E-state index contributed by atoms with van der Waals surface area (Å²) in [6, 6.07) is 2.57. The average molecular weight is 270 g/mol. The molecule has 0 spiro atoms. The highest BCUT2D eigenvalue weighted by Crippen LogP contribution is 2.29. The number of aliphatic carboxylic acids is 2. The average Bonchev–Trinajstić information content (AvgIpc) is 2.27. The van der Waals surface area contributed by atoms with Crippen molar-refractivity contribution in [1.29, 1.82) is 0 Å². The molecule has 0 amide bonds. The van der Waals surface area contributed by atoms with Crippen molar-refractivity contribution in [1.82, 2.24) is 0 Å². The van der Waals surface area contributed by atoms with Crippen molar-refractivity contribution in [2.24, 2.45) is 0 Å². The Kier molecular flexibility index (Phi) is 4.37. The van der Waals surface area contributed by atoms with Crippen LogP contribution in [0.1, 0.15) is 18.9 Å². The van der Waals surface area contributed by atoms with Gasteiger partial charge in [-0.2, -0.15) is 0 Å². The van der Waals surface area contributed by atoms with Crippen LogP contribution in [-0.2, 0) is 15.0 Å². The van der Waals surface area contributed by atoms with Crippen LogP contribution in [0.5, 0.6) is 0 Å². The van der Waals surface area contributed by atoms with E-state index in [1.165, 1.54) is 6.92 Å². The maximum atomic E-state index is 13.6. The molecule has 0 aliphatic heterocycles. The molecule has 1 aromatic rings. The zero-order valence-corrected chi connectivity index (χ0v) is 10.1. The van der Waals surface area contributed by atoms with Gasteiger partial charge in [0.25, 0.3) is 0 Å². The van der Waals surface area contributed by atoms with Crippen molar-refractivity contribution in [2.75, 3.05) is 0 Å². The van der Waals surface area contributed by atoms with Gasteiger partial charge in [0.2, 0.25) is 0 Å². The molecule has 0 aromatic heterocycles. The predicted octanol–water partition coefficient (Wildman–Crippen LogP) is 2.34. The lowest BCUT2D eigenvalue weighted by atomic mass is 9.81. The van der Waals surface area contributed by atoms with Gasteiger partial charge in [-0.25, -0.2) is 8.78 Å². The monoisotopic (exact) mass is 270 g/mol. The second-order valence-corrected chi connectivity index (χ2v) is 4.13. The van der Waals surface area contributed by atoms with Gasteiger partial charge in [-0.15, -0.1) is 0 Å². The van der Waals surface area contributed by atoms with E-state index in [0.29, 0.717) is 6.07 Å². The van der Waals surface area contributed by atoms with Gasteiger partial charge >= 0.3 is 11.9 Å². The van der Waals surface area contributed by atoms with Crippen LogP contribution in [-0.4, -0.2) is 22.2 Å². The molecule has 1 unspecified atom stereocenters. The van der Waals surface area contributed by atoms with Crippen LogP contribution in [0.3, 0.4) is 0 Å². The number of carboxylic acids is 2. The standard InChI is InChI=1S/C13H12F2O4/c1-13(12(18)19,6-2-3-11(16)17)9-5-4-8(14)7-10(9)15/h2,4-7H,3H2,1H3,(H,16,17)(H,18,19)/b6-2+. The van der Waals surface area contributed by atoms with E-state index in [-0.39, 0.29) is 12.0 Å². The molecule has 0 heterocycles. The molecule has 0 saturated carbocycles. The summed E-state index contributed by atoms with van der Waals surface area (Å²) in [4.78, 5) is 21.7. The molecular formula is C13H12F2O4. The van der Waals surface area contributed by atoms with E-state index < -0.39 is 29.0 Å². The molecule has 0 saturated heterocycles. The van der Waals surface area contributed by atoms with E-state index in [1.54, 1.807) is 0 Å². The van der Waals surface area contributed by atoms with E-state index in [0.717, 1.165) is 24.3 Å². The van der Waals surface area contributed by atoms with Crippen LogP contribution in [0.15, 0.2) is 30.4 Å². The Bertz CT molecular complexity index is 539. The third-order valence-electron chi connectivity index (χ3n) is 2.68. The fourth-order valence-electron chi connectivity index (χ4n) is 1.58. The zero-order valence-electron chi connectivity index (χ0n) is 10.1. The molecule has 0 aliphatic carbocycles. The summed E-state index contributed by atoms with van der Waals surface area (Å²) >= 11 is 0. The SMILES string of the molecule is CC(/C=C/CC(=O)O)(C(=O)O)c1ccc(F)cc1F. The van der Waals surface area contributed by atoms with Crippen molar-refractivity contribution in [3.8, 4) is 0 Å². The Morgan fingerprint density at radius 1 is 1.32 bits per heavy atom. The largest absolute Gasteiger partial charge is 0.481 e. The van der Waals surface area contributed by atoms with Gasteiger partial charge in [0.1, 0.15) is 17.0 Å². The van der Waals surface area contributed by atoms with E-state index in [4.69, 9.17) is 5.11 Å². The predicted molar refractivity (Wildman–Crippen MR) is 62.7 cm³/mol. The first-order valence-electron chi connectivity index (χ1n) is 5.36. The molecule has 2 N–H and O–H groups in total. The summed E-state index contributed by atoms with van der Waals surface area (Å²) in [5, 5.41) is 17.7. The molecular weight excluding hydrogens is 258 g/mol. The molecule has 6 heteroatoms. The first-order chi connectivity index (χ1) is 8.77. The maximum Gasteiger partial charge on any atom is 0.317 e. The first kappa shape index (κ1) is 14.8. The smallest absolute Gasteiger partial charge is 0.317 e. The summed E-state index contributed by atoms with van der Waals surface area (Å²) in [6.45, 7) is 1.21. The molecule has 0 bridgehead atoms. The third-order valence-corrected chi connectivity index (χ3v) is 2.68. The Labute approximate surface area is 108 Å². The van der Waals surface area contributed by atoms with Crippen molar-refractivity contribution in [3.05, 3.63) is 47.5 Å². The van der Waals surface area contributed by atoms with Gasteiger partial charge < -0.3 is 10.2 Å². The van der Waals surface area contributed by atoms with Crippen molar-refractivity contribution >= 4 is 11.9 Å². The van der Waals surface area contributed by atoms with E-state index in [1.807, 2.05) is 0 Å². The molecule has 4 nitrogen and oxygen atoms in total. The highest BCUT2D eigenvalue weighted by molar-refractivity contribution is 5.83. The summed E-state index contributed by atoms with van der Waals surface area (Å²) in [5.41, 5.74) is -1.99. The molecule has 1 atom stereocenters. The second kappa shape index (κ2) is 5.60.